The van der Waals surface area contributed by atoms with Gasteiger partial charge in [-0.25, -0.2) is 13.9 Å². The van der Waals surface area contributed by atoms with Crippen LogP contribution in [0, 0.1) is 11.2 Å². The summed E-state index contributed by atoms with van der Waals surface area (Å²) in [7, 11) is 1.35. The third kappa shape index (κ3) is 6.36. The molecule has 0 radical (unpaired) electrons. The first-order valence-electron chi connectivity index (χ1n) is 12.0. The normalized spacial score (nSPS) is 17.0. The van der Waals surface area contributed by atoms with Gasteiger partial charge in [-0.15, -0.1) is 0 Å². The highest BCUT2D eigenvalue weighted by molar-refractivity contribution is 5.98. The van der Waals surface area contributed by atoms with Crippen molar-refractivity contribution in [2.24, 2.45) is 5.41 Å². The summed E-state index contributed by atoms with van der Waals surface area (Å²) in [6, 6.07) is 6.96. The Morgan fingerprint density at radius 2 is 1.92 bits per heavy atom. The Bertz CT molecular complexity index is 1440. The number of hydrogen-bond donors (Lipinski definition) is 2. The van der Waals surface area contributed by atoms with E-state index in [9.17, 15) is 27.6 Å². The van der Waals surface area contributed by atoms with Crippen LogP contribution < -0.4 is 15.4 Å². The number of benzene rings is 1. The molecule has 0 bridgehead atoms. The molecule has 0 saturated carbocycles. The number of esters is 1. The van der Waals surface area contributed by atoms with Crippen LogP contribution in [-0.4, -0.2) is 52.6 Å². The van der Waals surface area contributed by atoms with Gasteiger partial charge < -0.3 is 20.1 Å². The fourth-order valence-corrected chi connectivity index (χ4v) is 4.21. The van der Waals surface area contributed by atoms with E-state index in [1.165, 1.54) is 31.4 Å². The molecule has 2 heterocycles. The Morgan fingerprint density at radius 3 is 2.62 bits per heavy atom. The first kappa shape index (κ1) is 27.6. The lowest BCUT2D eigenvalue weighted by atomic mass is 9.76. The second-order valence-electron chi connectivity index (χ2n) is 9.26. The predicted octanol–water partition coefficient (Wildman–Crippen LogP) is 3.42. The largest absolute Gasteiger partial charge is 0.469 e. The van der Waals surface area contributed by atoms with Crippen LogP contribution >= 0.6 is 0 Å². The molecule has 3 aromatic rings. The molecule has 4 rings (SSSR count). The molecule has 10 nitrogen and oxygen atoms in total. The Hall–Kier alpha value is -4.42. The number of ether oxygens (including phenoxy) is 2. The Kier molecular flexibility index (Phi) is 8.17. The average molecular weight is 546 g/mol. The number of nitrogens with one attached hydrogen (secondary N) is 2. The minimum atomic E-state index is -2.99. The monoisotopic (exact) mass is 545 g/mol. The van der Waals surface area contributed by atoms with Gasteiger partial charge in [-0.1, -0.05) is 23.8 Å². The van der Waals surface area contributed by atoms with Gasteiger partial charge in [-0.2, -0.15) is 13.9 Å². The fourth-order valence-electron chi connectivity index (χ4n) is 4.21. The Morgan fingerprint density at radius 1 is 1.15 bits per heavy atom. The smallest absolute Gasteiger partial charge is 0.387 e. The minimum Gasteiger partial charge on any atom is -0.469 e. The average Bonchev–Trinajstić information content (AvgIpc) is 3.30. The van der Waals surface area contributed by atoms with Crippen LogP contribution in [0.1, 0.15) is 52.7 Å². The van der Waals surface area contributed by atoms with E-state index >= 15 is 0 Å². The van der Waals surface area contributed by atoms with Crippen molar-refractivity contribution in [2.75, 3.05) is 13.7 Å². The number of alkyl halides is 2. The molecule has 1 aliphatic carbocycles. The predicted molar refractivity (Wildman–Crippen MR) is 132 cm³/mol. The maximum Gasteiger partial charge on any atom is 0.387 e. The molecule has 0 fully saturated rings. The summed E-state index contributed by atoms with van der Waals surface area (Å²) >= 11 is 0. The van der Waals surface area contributed by atoms with Crippen LogP contribution in [0.3, 0.4) is 0 Å². The molecule has 1 aliphatic rings. The summed E-state index contributed by atoms with van der Waals surface area (Å²) in [5.74, 6) is -2.52. The molecular weight excluding hydrogens is 519 g/mol. The van der Waals surface area contributed by atoms with Gasteiger partial charge in [-0.05, 0) is 43.9 Å². The number of methoxy groups -OCH3 is 1. The van der Waals surface area contributed by atoms with Crippen molar-refractivity contribution >= 4 is 23.4 Å². The van der Waals surface area contributed by atoms with Crippen molar-refractivity contribution < 1.29 is 37.0 Å². The lowest BCUT2D eigenvalue weighted by molar-refractivity contribution is -0.152. The van der Waals surface area contributed by atoms with Crippen LogP contribution in [0.15, 0.2) is 48.2 Å². The summed E-state index contributed by atoms with van der Waals surface area (Å²) in [6.45, 7) is -1.04. The van der Waals surface area contributed by atoms with Crippen molar-refractivity contribution in [1.82, 2.24) is 25.2 Å². The van der Waals surface area contributed by atoms with Crippen LogP contribution in [-0.2, 0) is 16.1 Å². The highest BCUT2D eigenvalue weighted by Crippen LogP contribution is 2.35. The molecule has 2 amide bonds. The molecular formula is C26H26F3N5O5. The number of nitrogens with zero attached hydrogens (tertiary/aromatic N) is 3. The van der Waals surface area contributed by atoms with Crippen LogP contribution in [0.4, 0.5) is 13.2 Å². The van der Waals surface area contributed by atoms with E-state index in [4.69, 9.17) is 4.74 Å². The number of amides is 2. The summed E-state index contributed by atoms with van der Waals surface area (Å²) in [5, 5.41) is 9.17. The summed E-state index contributed by atoms with van der Waals surface area (Å²) in [4.78, 5) is 41.9. The van der Waals surface area contributed by atoms with E-state index in [0.29, 0.717) is 24.8 Å². The number of fused-ring (bicyclic) bond motifs is 1. The van der Waals surface area contributed by atoms with Crippen molar-refractivity contribution in [3.63, 3.8) is 0 Å². The zero-order valence-corrected chi connectivity index (χ0v) is 21.2. The van der Waals surface area contributed by atoms with E-state index in [2.05, 4.69) is 25.5 Å². The molecule has 1 aromatic carbocycles. The zero-order valence-electron chi connectivity index (χ0n) is 21.2. The lowest BCUT2D eigenvalue weighted by Crippen LogP contribution is -2.33. The van der Waals surface area contributed by atoms with Gasteiger partial charge in [0.1, 0.15) is 17.1 Å². The number of carbonyl (C=O) groups is 3. The maximum atomic E-state index is 14.3. The van der Waals surface area contributed by atoms with E-state index < -0.39 is 29.7 Å². The standard InChI is InChI=1S/C26H26F3N5O5/c1-26(24(37)38-2)8-6-15(7-9-26)12-31-23(36)20-11-19(33-21-18(27)14-32-34(20)21)22(35)30-13-16-4-3-5-17(10-16)39-25(28)29/h3-6,10-11,14,25H,7-9,12-13H2,1-2H3,(H,30,35)(H,31,36). The molecule has 0 saturated heterocycles. The molecule has 39 heavy (non-hydrogen) atoms. The molecule has 1 unspecified atom stereocenters. The van der Waals surface area contributed by atoms with Gasteiger partial charge in [0.25, 0.3) is 11.8 Å². The van der Waals surface area contributed by atoms with Crippen LogP contribution in [0.5, 0.6) is 5.75 Å². The highest BCUT2D eigenvalue weighted by Gasteiger charge is 2.35. The van der Waals surface area contributed by atoms with Crippen LogP contribution in [0.2, 0.25) is 0 Å². The lowest BCUT2D eigenvalue weighted by Gasteiger charge is -2.30. The molecule has 2 aromatic heterocycles. The highest BCUT2D eigenvalue weighted by atomic mass is 19.3. The van der Waals surface area contributed by atoms with Gasteiger partial charge >= 0.3 is 12.6 Å². The Balaban J connectivity index is 1.47. The number of rotatable bonds is 9. The maximum absolute atomic E-state index is 14.3. The van der Waals surface area contributed by atoms with Gasteiger partial charge in [0.2, 0.25) is 0 Å². The number of carbonyl (C=O) groups excluding carboxylic acids is 3. The molecule has 0 aliphatic heterocycles. The summed E-state index contributed by atoms with van der Waals surface area (Å²) in [6.07, 6.45) is 4.37. The number of hydrogen-bond acceptors (Lipinski definition) is 7. The fraction of sp³-hybridized carbons (Fsp3) is 0.346. The van der Waals surface area contributed by atoms with Crippen molar-refractivity contribution in [2.45, 2.75) is 39.3 Å². The van der Waals surface area contributed by atoms with Gasteiger partial charge in [-0.3, -0.25) is 14.4 Å². The van der Waals surface area contributed by atoms with E-state index in [-0.39, 0.29) is 41.8 Å². The van der Waals surface area contributed by atoms with Gasteiger partial charge in [0.15, 0.2) is 11.5 Å². The SMILES string of the molecule is COC(=O)C1(C)CC=C(CNC(=O)c2cc(C(=O)NCc3cccc(OC(F)F)c3)nc3c(F)cnn23)CC1. The summed E-state index contributed by atoms with van der Waals surface area (Å²) in [5.41, 5.74) is 0.102. The molecule has 2 N–H and O–H groups in total. The second kappa shape index (κ2) is 11.5. The third-order valence-corrected chi connectivity index (χ3v) is 6.46. The molecule has 0 spiro atoms. The van der Waals surface area contributed by atoms with Gasteiger partial charge in [0.05, 0.1) is 18.7 Å². The zero-order chi connectivity index (χ0) is 28.2. The number of aromatic nitrogens is 3. The van der Waals surface area contributed by atoms with E-state index in [1.54, 1.807) is 6.07 Å². The quantitative estimate of drug-likeness (QED) is 0.312. The first-order chi connectivity index (χ1) is 18.6. The summed E-state index contributed by atoms with van der Waals surface area (Å²) < 4.78 is 49.5. The number of halogens is 3. The Labute approximate surface area is 221 Å². The van der Waals surface area contributed by atoms with Crippen molar-refractivity contribution in [3.05, 3.63) is 70.9 Å². The molecule has 13 heteroatoms. The van der Waals surface area contributed by atoms with Gasteiger partial charge in [0, 0.05) is 19.2 Å². The number of allylic oxidation sites excluding steroid dienone is 1. The minimum absolute atomic E-state index is 0.0615. The molecule has 206 valence electrons. The van der Waals surface area contributed by atoms with E-state index in [1.807, 2.05) is 13.0 Å². The van der Waals surface area contributed by atoms with Crippen molar-refractivity contribution in [1.29, 1.82) is 0 Å². The van der Waals surface area contributed by atoms with E-state index in [0.717, 1.165) is 16.3 Å². The topological polar surface area (TPSA) is 124 Å². The van der Waals surface area contributed by atoms with Crippen molar-refractivity contribution in [3.8, 4) is 5.75 Å². The molecule has 1 atom stereocenters. The third-order valence-electron chi connectivity index (χ3n) is 6.46. The van der Waals surface area contributed by atoms with Crippen LogP contribution in [0.25, 0.3) is 5.65 Å². The second-order valence-corrected chi connectivity index (χ2v) is 9.26. The first-order valence-corrected chi connectivity index (χ1v) is 12.0.